The van der Waals surface area contributed by atoms with Crippen molar-refractivity contribution in [2.24, 2.45) is 5.92 Å². The van der Waals surface area contributed by atoms with Gasteiger partial charge in [0.15, 0.2) is 0 Å². The molecule has 1 aromatic carbocycles. The Bertz CT molecular complexity index is 588. The van der Waals surface area contributed by atoms with Crippen molar-refractivity contribution >= 4 is 16.0 Å². The quantitative estimate of drug-likeness (QED) is 0.490. The van der Waals surface area contributed by atoms with Crippen LogP contribution in [0.2, 0.25) is 0 Å². The summed E-state index contributed by atoms with van der Waals surface area (Å²) in [6.07, 6.45) is 0. The van der Waals surface area contributed by atoms with Crippen LogP contribution in [0.4, 0.5) is 0 Å². The SMILES string of the molecule is CCOC(=O)C1CN(S(=O)(=O)c2cccc(C)c2)C1.[H-].[Li+]. The maximum absolute atomic E-state index is 12.3. The van der Waals surface area contributed by atoms with Gasteiger partial charge in [0.1, 0.15) is 0 Å². The Balaban J connectivity index is 0.00000200. The third kappa shape index (κ3) is 3.44. The van der Waals surface area contributed by atoms with Crippen LogP contribution in [0.15, 0.2) is 29.2 Å². The second-order valence-electron chi connectivity index (χ2n) is 4.59. The van der Waals surface area contributed by atoms with E-state index in [1.807, 2.05) is 13.0 Å². The Kier molecular flexibility index (Phi) is 5.84. The predicted octanol–water partition coefficient (Wildman–Crippen LogP) is -1.70. The summed E-state index contributed by atoms with van der Waals surface area (Å²) in [6, 6.07) is 6.76. The number of esters is 1. The Morgan fingerprint density at radius 3 is 2.65 bits per heavy atom. The molecule has 0 aromatic heterocycles. The fourth-order valence-corrected chi connectivity index (χ4v) is 3.60. The molecule has 0 amide bonds. The van der Waals surface area contributed by atoms with E-state index in [0.29, 0.717) is 6.61 Å². The van der Waals surface area contributed by atoms with Gasteiger partial charge in [-0.15, -0.1) is 0 Å². The topological polar surface area (TPSA) is 63.7 Å². The first kappa shape index (κ1) is 17.2. The molecular formula is C13H18LiNO4S. The van der Waals surface area contributed by atoms with Crippen LogP contribution in [-0.2, 0) is 19.6 Å². The molecule has 0 atom stereocenters. The Morgan fingerprint density at radius 2 is 2.10 bits per heavy atom. The fourth-order valence-electron chi connectivity index (χ4n) is 1.97. The van der Waals surface area contributed by atoms with E-state index < -0.39 is 10.0 Å². The summed E-state index contributed by atoms with van der Waals surface area (Å²) >= 11 is 0. The monoisotopic (exact) mass is 291 g/mol. The standard InChI is InChI=1S/C13H17NO4S.Li.H/c1-3-18-13(15)11-8-14(9-11)19(16,17)12-6-4-5-10(2)7-12;;/h4-7,11H,3,8-9H2,1-2H3;;/q;+1;-1. The van der Waals surface area contributed by atoms with Crippen molar-refractivity contribution < 1.29 is 38.2 Å². The van der Waals surface area contributed by atoms with E-state index in [9.17, 15) is 13.2 Å². The number of hydrogen-bond acceptors (Lipinski definition) is 4. The zero-order chi connectivity index (χ0) is 14.0. The number of aryl methyl sites for hydroxylation is 1. The Labute approximate surface area is 133 Å². The van der Waals surface area contributed by atoms with Crippen LogP contribution in [0, 0.1) is 12.8 Å². The molecule has 0 unspecified atom stereocenters. The van der Waals surface area contributed by atoms with Crippen LogP contribution in [-0.4, -0.2) is 38.4 Å². The van der Waals surface area contributed by atoms with Gasteiger partial charge < -0.3 is 6.16 Å². The van der Waals surface area contributed by atoms with Crippen LogP contribution in [0.5, 0.6) is 0 Å². The van der Waals surface area contributed by atoms with Crippen molar-refractivity contribution in [1.29, 1.82) is 0 Å². The number of hydrogen-bond donors (Lipinski definition) is 0. The molecule has 106 valence electrons. The molecule has 20 heavy (non-hydrogen) atoms. The van der Waals surface area contributed by atoms with Crippen LogP contribution in [0.25, 0.3) is 0 Å². The summed E-state index contributed by atoms with van der Waals surface area (Å²) in [6.45, 7) is 4.30. The Hall–Kier alpha value is -0.803. The molecule has 5 nitrogen and oxygen atoms in total. The molecule has 0 aliphatic carbocycles. The predicted molar refractivity (Wildman–Crippen MR) is 71.2 cm³/mol. The summed E-state index contributed by atoms with van der Waals surface area (Å²) in [4.78, 5) is 11.7. The van der Waals surface area contributed by atoms with Crippen LogP contribution >= 0.6 is 0 Å². The van der Waals surface area contributed by atoms with Crippen molar-refractivity contribution in [3.05, 3.63) is 29.8 Å². The first-order chi connectivity index (χ1) is 8.95. The van der Waals surface area contributed by atoms with Gasteiger partial charge in [0.05, 0.1) is 17.4 Å². The summed E-state index contributed by atoms with van der Waals surface area (Å²) in [5, 5.41) is 0. The van der Waals surface area contributed by atoms with Crippen molar-refractivity contribution in [1.82, 2.24) is 4.31 Å². The molecule has 0 radical (unpaired) electrons. The minimum atomic E-state index is -3.48. The molecule has 0 N–H and O–H groups in total. The van der Waals surface area contributed by atoms with Crippen molar-refractivity contribution in [2.45, 2.75) is 18.7 Å². The third-order valence-corrected chi connectivity index (χ3v) is 4.92. The normalized spacial score (nSPS) is 16.1. The fraction of sp³-hybridized carbons (Fsp3) is 0.462. The molecule has 1 fully saturated rings. The number of sulfonamides is 1. The van der Waals surface area contributed by atoms with E-state index in [4.69, 9.17) is 4.74 Å². The van der Waals surface area contributed by atoms with Gasteiger partial charge in [0, 0.05) is 13.1 Å². The molecule has 1 aromatic rings. The van der Waals surface area contributed by atoms with Gasteiger partial charge in [0.25, 0.3) is 0 Å². The minimum absolute atomic E-state index is 0. The first-order valence-corrected chi connectivity index (χ1v) is 7.62. The number of carbonyl (C=O) groups is 1. The van der Waals surface area contributed by atoms with Gasteiger partial charge in [-0.25, -0.2) is 8.42 Å². The molecule has 2 rings (SSSR count). The second-order valence-corrected chi connectivity index (χ2v) is 6.53. The molecule has 0 saturated carbocycles. The van der Waals surface area contributed by atoms with Gasteiger partial charge >= 0.3 is 24.8 Å². The molecule has 1 saturated heterocycles. The van der Waals surface area contributed by atoms with Gasteiger partial charge in [-0.3, -0.25) is 4.79 Å². The van der Waals surface area contributed by atoms with E-state index in [1.54, 1.807) is 25.1 Å². The number of benzene rings is 1. The molecule has 1 aliphatic heterocycles. The maximum Gasteiger partial charge on any atom is 1.00 e. The van der Waals surface area contributed by atoms with Gasteiger partial charge in [0.2, 0.25) is 10.0 Å². The molecule has 1 aliphatic rings. The summed E-state index contributed by atoms with van der Waals surface area (Å²) in [5.74, 6) is -0.655. The zero-order valence-electron chi connectivity index (χ0n) is 13.0. The van der Waals surface area contributed by atoms with Crippen LogP contribution < -0.4 is 18.9 Å². The van der Waals surface area contributed by atoms with Crippen molar-refractivity contribution in [3.63, 3.8) is 0 Å². The van der Waals surface area contributed by atoms with E-state index >= 15 is 0 Å². The van der Waals surface area contributed by atoms with E-state index in [2.05, 4.69) is 0 Å². The average molecular weight is 291 g/mol. The maximum atomic E-state index is 12.3. The largest absolute Gasteiger partial charge is 1.00 e. The van der Waals surface area contributed by atoms with E-state index in [-0.39, 0.29) is 50.2 Å². The molecular weight excluding hydrogens is 273 g/mol. The van der Waals surface area contributed by atoms with Crippen LogP contribution in [0.1, 0.15) is 13.9 Å². The van der Waals surface area contributed by atoms with Crippen molar-refractivity contribution in [3.8, 4) is 0 Å². The molecule has 0 spiro atoms. The number of rotatable bonds is 4. The summed E-state index contributed by atoms with van der Waals surface area (Å²) in [7, 11) is -3.48. The summed E-state index contributed by atoms with van der Waals surface area (Å²) < 4.78 is 30.7. The van der Waals surface area contributed by atoms with E-state index in [1.165, 1.54) is 4.31 Å². The Morgan fingerprint density at radius 1 is 1.45 bits per heavy atom. The number of ether oxygens (including phenoxy) is 1. The first-order valence-electron chi connectivity index (χ1n) is 6.18. The molecule has 1 heterocycles. The average Bonchev–Trinajstić information content (AvgIpc) is 2.27. The number of carbonyl (C=O) groups excluding carboxylic acids is 1. The second kappa shape index (κ2) is 6.77. The van der Waals surface area contributed by atoms with Gasteiger partial charge in [-0.1, -0.05) is 12.1 Å². The molecule has 0 bridgehead atoms. The minimum Gasteiger partial charge on any atom is -1.00 e. The van der Waals surface area contributed by atoms with Gasteiger partial charge in [-0.05, 0) is 31.5 Å². The van der Waals surface area contributed by atoms with Crippen molar-refractivity contribution in [2.75, 3.05) is 19.7 Å². The summed E-state index contributed by atoms with van der Waals surface area (Å²) in [5.41, 5.74) is 0.892. The smallest absolute Gasteiger partial charge is 1.00 e. The third-order valence-electron chi connectivity index (χ3n) is 3.10. The number of nitrogens with zero attached hydrogens (tertiary/aromatic N) is 1. The van der Waals surface area contributed by atoms with Gasteiger partial charge in [-0.2, -0.15) is 4.31 Å². The van der Waals surface area contributed by atoms with E-state index in [0.717, 1.165) is 5.56 Å². The molecule has 7 heteroatoms. The van der Waals surface area contributed by atoms with Crippen LogP contribution in [0.3, 0.4) is 0 Å². The zero-order valence-corrected chi connectivity index (χ0v) is 12.8.